The molecule has 0 unspecified atom stereocenters. The smallest absolute Gasteiger partial charge is 0.272 e. The van der Waals surface area contributed by atoms with Crippen molar-refractivity contribution in [1.29, 1.82) is 0 Å². The lowest BCUT2D eigenvalue weighted by Crippen LogP contribution is -2.25. The van der Waals surface area contributed by atoms with Crippen LogP contribution in [0.1, 0.15) is 23.0 Å². The van der Waals surface area contributed by atoms with E-state index in [4.69, 9.17) is 0 Å². The Hall–Kier alpha value is -3.28. The first-order valence-corrected chi connectivity index (χ1v) is 8.11. The lowest BCUT2D eigenvalue weighted by Gasteiger charge is -2.21. The van der Waals surface area contributed by atoms with E-state index >= 15 is 0 Å². The van der Waals surface area contributed by atoms with Gasteiger partial charge in [-0.3, -0.25) is 9.78 Å². The Morgan fingerprint density at radius 1 is 1.00 bits per heavy atom. The van der Waals surface area contributed by atoms with Crippen LogP contribution in [0.4, 0.5) is 11.5 Å². The molecule has 0 saturated carbocycles. The molecule has 1 aromatic carbocycles. The van der Waals surface area contributed by atoms with Crippen LogP contribution in [-0.2, 0) is 6.54 Å². The zero-order valence-electron chi connectivity index (χ0n) is 14.0. The van der Waals surface area contributed by atoms with Crippen LogP contribution in [0.3, 0.4) is 0 Å². The Balaban J connectivity index is 1.68. The molecule has 0 atom stereocenters. The second kappa shape index (κ2) is 8.01. The van der Waals surface area contributed by atoms with E-state index in [1.54, 1.807) is 18.5 Å². The number of amides is 1. The van der Waals surface area contributed by atoms with Gasteiger partial charge in [-0.05, 0) is 48.9 Å². The molecule has 2 aromatic heterocycles. The van der Waals surface area contributed by atoms with Gasteiger partial charge in [-0.15, -0.1) is 10.2 Å². The maximum Gasteiger partial charge on any atom is 0.272 e. The molecule has 2 heterocycles. The SMILES string of the molecule is CCN(c1ccccc1)c1ccc(C(=O)NCc2ccncc2)nn1. The normalized spacial score (nSPS) is 10.3. The minimum atomic E-state index is -0.251. The maximum atomic E-state index is 12.2. The van der Waals surface area contributed by atoms with Gasteiger partial charge >= 0.3 is 0 Å². The number of pyridine rings is 1. The van der Waals surface area contributed by atoms with Crippen molar-refractivity contribution in [3.8, 4) is 0 Å². The summed E-state index contributed by atoms with van der Waals surface area (Å²) in [7, 11) is 0. The highest BCUT2D eigenvalue weighted by Crippen LogP contribution is 2.22. The van der Waals surface area contributed by atoms with Crippen LogP contribution in [0, 0.1) is 0 Å². The monoisotopic (exact) mass is 333 g/mol. The van der Waals surface area contributed by atoms with Gasteiger partial charge in [0.05, 0.1) is 0 Å². The van der Waals surface area contributed by atoms with E-state index < -0.39 is 0 Å². The number of nitrogens with zero attached hydrogens (tertiary/aromatic N) is 4. The lowest BCUT2D eigenvalue weighted by atomic mass is 10.2. The lowest BCUT2D eigenvalue weighted by molar-refractivity contribution is 0.0945. The number of carbonyl (C=O) groups excluding carboxylic acids is 1. The summed E-state index contributed by atoms with van der Waals surface area (Å²) in [5, 5.41) is 11.1. The molecule has 6 nitrogen and oxygen atoms in total. The van der Waals surface area contributed by atoms with Gasteiger partial charge < -0.3 is 10.2 Å². The van der Waals surface area contributed by atoms with Crippen LogP contribution in [0.25, 0.3) is 0 Å². The highest BCUT2D eigenvalue weighted by Gasteiger charge is 2.12. The van der Waals surface area contributed by atoms with E-state index in [1.165, 1.54) is 0 Å². The number of hydrogen-bond acceptors (Lipinski definition) is 5. The molecular weight excluding hydrogens is 314 g/mol. The minimum absolute atomic E-state index is 0.251. The molecule has 0 spiro atoms. The Labute approximate surface area is 146 Å². The van der Waals surface area contributed by atoms with Crippen molar-refractivity contribution in [3.63, 3.8) is 0 Å². The van der Waals surface area contributed by atoms with Gasteiger partial charge in [-0.25, -0.2) is 0 Å². The number of aromatic nitrogens is 3. The Kier molecular flexibility index (Phi) is 5.31. The van der Waals surface area contributed by atoms with Crippen molar-refractivity contribution in [2.75, 3.05) is 11.4 Å². The third-order valence-corrected chi connectivity index (χ3v) is 3.75. The first-order valence-electron chi connectivity index (χ1n) is 8.11. The van der Waals surface area contributed by atoms with Crippen molar-refractivity contribution in [1.82, 2.24) is 20.5 Å². The average Bonchev–Trinajstić information content (AvgIpc) is 2.69. The number of nitrogens with one attached hydrogen (secondary N) is 1. The van der Waals surface area contributed by atoms with Crippen molar-refractivity contribution in [3.05, 3.63) is 78.2 Å². The highest BCUT2D eigenvalue weighted by atomic mass is 16.1. The van der Waals surface area contributed by atoms with Gasteiger partial charge in [0, 0.05) is 31.2 Å². The van der Waals surface area contributed by atoms with Crippen molar-refractivity contribution in [2.45, 2.75) is 13.5 Å². The molecule has 3 aromatic rings. The van der Waals surface area contributed by atoms with Crippen LogP contribution in [-0.4, -0.2) is 27.6 Å². The van der Waals surface area contributed by atoms with Crippen LogP contribution in [0.5, 0.6) is 0 Å². The largest absolute Gasteiger partial charge is 0.347 e. The van der Waals surface area contributed by atoms with E-state index in [2.05, 4.69) is 20.5 Å². The fourth-order valence-electron chi connectivity index (χ4n) is 2.45. The van der Waals surface area contributed by atoms with Crippen molar-refractivity contribution >= 4 is 17.4 Å². The summed E-state index contributed by atoms with van der Waals surface area (Å²) in [5.74, 6) is 0.456. The van der Waals surface area contributed by atoms with E-state index in [0.29, 0.717) is 18.1 Å². The van der Waals surface area contributed by atoms with Gasteiger partial charge in [0.25, 0.3) is 5.91 Å². The quantitative estimate of drug-likeness (QED) is 0.751. The van der Waals surface area contributed by atoms with E-state index in [0.717, 1.165) is 17.8 Å². The predicted octanol–water partition coefficient (Wildman–Crippen LogP) is 2.96. The number of hydrogen-bond donors (Lipinski definition) is 1. The highest BCUT2D eigenvalue weighted by molar-refractivity contribution is 5.92. The summed E-state index contributed by atoms with van der Waals surface area (Å²) in [4.78, 5) is 18.2. The second-order valence-electron chi connectivity index (χ2n) is 5.39. The number of benzene rings is 1. The molecular formula is C19H19N5O. The topological polar surface area (TPSA) is 71.0 Å². The molecule has 0 fully saturated rings. The first kappa shape index (κ1) is 16.6. The van der Waals surface area contributed by atoms with Crippen LogP contribution in [0.15, 0.2) is 67.0 Å². The van der Waals surface area contributed by atoms with Gasteiger partial charge in [-0.2, -0.15) is 0 Å². The summed E-state index contributed by atoms with van der Waals surface area (Å²) in [6.45, 7) is 3.23. The zero-order valence-corrected chi connectivity index (χ0v) is 14.0. The summed E-state index contributed by atoms with van der Waals surface area (Å²) in [6.07, 6.45) is 3.39. The van der Waals surface area contributed by atoms with E-state index in [-0.39, 0.29) is 5.91 Å². The van der Waals surface area contributed by atoms with Crippen molar-refractivity contribution in [2.24, 2.45) is 0 Å². The molecule has 1 N–H and O–H groups in total. The van der Waals surface area contributed by atoms with Gasteiger partial charge in [0.2, 0.25) is 0 Å². The molecule has 0 bridgehead atoms. The number of rotatable bonds is 6. The zero-order chi connectivity index (χ0) is 17.5. The molecule has 0 saturated heterocycles. The number of carbonyl (C=O) groups is 1. The van der Waals surface area contributed by atoms with E-state index in [1.807, 2.05) is 60.4 Å². The van der Waals surface area contributed by atoms with Gasteiger partial charge in [0.15, 0.2) is 11.5 Å². The molecule has 0 aliphatic carbocycles. The first-order chi connectivity index (χ1) is 12.3. The molecule has 0 aliphatic rings. The average molecular weight is 333 g/mol. The number of anilines is 2. The standard InChI is InChI=1S/C19H19N5O/c1-2-24(16-6-4-3-5-7-16)18-9-8-17(22-23-18)19(25)21-14-15-10-12-20-13-11-15/h3-13H,2,14H2,1H3,(H,21,25). The Morgan fingerprint density at radius 2 is 1.76 bits per heavy atom. The minimum Gasteiger partial charge on any atom is -0.347 e. The molecule has 6 heteroatoms. The fourth-order valence-corrected chi connectivity index (χ4v) is 2.45. The summed E-state index contributed by atoms with van der Waals surface area (Å²) < 4.78 is 0. The third-order valence-electron chi connectivity index (χ3n) is 3.75. The summed E-state index contributed by atoms with van der Waals surface area (Å²) in [5.41, 5.74) is 2.31. The molecule has 0 radical (unpaired) electrons. The summed E-state index contributed by atoms with van der Waals surface area (Å²) in [6, 6.07) is 17.2. The van der Waals surface area contributed by atoms with E-state index in [9.17, 15) is 4.79 Å². The van der Waals surface area contributed by atoms with Crippen LogP contribution in [0.2, 0.25) is 0 Å². The second-order valence-corrected chi connectivity index (χ2v) is 5.39. The number of para-hydroxylation sites is 1. The Bertz CT molecular complexity index is 806. The summed E-state index contributed by atoms with van der Waals surface area (Å²) >= 11 is 0. The predicted molar refractivity (Wildman–Crippen MR) is 96.6 cm³/mol. The molecule has 0 aliphatic heterocycles. The Morgan fingerprint density at radius 3 is 2.40 bits per heavy atom. The maximum absolute atomic E-state index is 12.2. The molecule has 25 heavy (non-hydrogen) atoms. The molecule has 3 rings (SSSR count). The fraction of sp³-hybridized carbons (Fsp3) is 0.158. The van der Waals surface area contributed by atoms with Gasteiger partial charge in [0.1, 0.15) is 0 Å². The van der Waals surface area contributed by atoms with Crippen LogP contribution < -0.4 is 10.2 Å². The molecule has 1 amide bonds. The van der Waals surface area contributed by atoms with Gasteiger partial charge in [-0.1, -0.05) is 18.2 Å². The van der Waals surface area contributed by atoms with Crippen LogP contribution >= 0.6 is 0 Å². The van der Waals surface area contributed by atoms with Crippen molar-refractivity contribution < 1.29 is 4.79 Å². The third kappa shape index (κ3) is 4.17. The molecule has 126 valence electrons.